The summed E-state index contributed by atoms with van der Waals surface area (Å²) in [6.45, 7) is 5.44. The molecule has 19 heavy (non-hydrogen) atoms. The van der Waals surface area contributed by atoms with E-state index in [-0.39, 0.29) is 5.56 Å². The van der Waals surface area contributed by atoms with Crippen molar-refractivity contribution in [3.05, 3.63) is 47.8 Å². The molecule has 1 N–H and O–H groups in total. The molecule has 0 unspecified atom stereocenters. The van der Waals surface area contributed by atoms with Gasteiger partial charge >= 0.3 is 5.97 Å². The molecule has 1 aromatic carbocycles. The molecule has 0 spiro atoms. The molecule has 1 rings (SSSR count). The molecule has 5 heteroatoms. The molecule has 0 aliphatic heterocycles. The number of ether oxygens (including phenoxy) is 1. The lowest BCUT2D eigenvalue weighted by molar-refractivity contribution is -0.142. The van der Waals surface area contributed by atoms with Crippen molar-refractivity contribution in [3.63, 3.8) is 0 Å². The Morgan fingerprint density at radius 1 is 1.37 bits per heavy atom. The Bertz CT molecular complexity index is 482. The number of benzene rings is 1. The van der Waals surface area contributed by atoms with Gasteiger partial charge in [0, 0.05) is 5.56 Å². The average Bonchev–Trinajstić information content (AvgIpc) is 2.37. The summed E-state index contributed by atoms with van der Waals surface area (Å²) in [6.07, 6.45) is 0.291. The number of nitrogens with one attached hydrogen (secondary N) is 1. The van der Waals surface area contributed by atoms with Crippen LogP contribution in [0.15, 0.2) is 36.4 Å². The molecule has 1 amide bonds. The summed E-state index contributed by atoms with van der Waals surface area (Å²) in [5, 5.41) is 2.54. The maximum absolute atomic E-state index is 12.8. The molecular formula is C14H16FNO3. The minimum atomic E-state index is -0.792. The van der Waals surface area contributed by atoms with Crippen LogP contribution in [0, 0.1) is 5.82 Å². The lowest BCUT2D eigenvalue weighted by Gasteiger charge is -2.16. The Hall–Kier alpha value is -2.17. The summed E-state index contributed by atoms with van der Waals surface area (Å²) in [5.41, 5.74) is 1.02. The Morgan fingerprint density at radius 2 is 1.95 bits per heavy atom. The number of esters is 1. The maximum Gasteiger partial charge on any atom is 0.328 e. The molecule has 0 bridgehead atoms. The van der Waals surface area contributed by atoms with Crippen molar-refractivity contribution in [2.75, 3.05) is 7.11 Å². The van der Waals surface area contributed by atoms with Crippen LogP contribution in [0.4, 0.5) is 4.39 Å². The second kappa shape index (κ2) is 6.68. The first kappa shape index (κ1) is 14.9. The van der Waals surface area contributed by atoms with Crippen LogP contribution < -0.4 is 5.32 Å². The summed E-state index contributed by atoms with van der Waals surface area (Å²) >= 11 is 0. The van der Waals surface area contributed by atoms with Crippen LogP contribution >= 0.6 is 0 Å². The van der Waals surface area contributed by atoms with Crippen LogP contribution in [-0.2, 0) is 9.53 Å². The van der Waals surface area contributed by atoms with Crippen LogP contribution in [-0.4, -0.2) is 25.0 Å². The van der Waals surface area contributed by atoms with Gasteiger partial charge in [-0.05, 0) is 37.6 Å². The van der Waals surface area contributed by atoms with E-state index in [1.54, 1.807) is 6.92 Å². The van der Waals surface area contributed by atoms with Gasteiger partial charge in [0.05, 0.1) is 7.11 Å². The number of hydrogen-bond donors (Lipinski definition) is 1. The van der Waals surface area contributed by atoms with Crippen molar-refractivity contribution in [2.24, 2.45) is 0 Å². The number of hydrogen-bond acceptors (Lipinski definition) is 3. The van der Waals surface area contributed by atoms with Gasteiger partial charge in [0.1, 0.15) is 11.9 Å². The first-order valence-corrected chi connectivity index (χ1v) is 5.72. The largest absolute Gasteiger partial charge is 0.467 e. The molecule has 0 saturated carbocycles. The number of amides is 1. The van der Waals surface area contributed by atoms with Gasteiger partial charge in [-0.2, -0.15) is 0 Å². The maximum atomic E-state index is 12.8. The third-order valence-corrected chi connectivity index (χ3v) is 2.45. The average molecular weight is 265 g/mol. The van der Waals surface area contributed by atoms with Gasteiger partial charge in [0.2, 0.25) is 0 Å². The summed E-state index contributed by atoms with van der Waals surface area (Å²) in [4.78, 5) is 23.4. The van der Waals surface area contributed by atoms with Crippen molar-refractivity contribution in [2.45, 2.75) is 19.4 Å². The fraction of sp³-hybridized carbons (Fsp3) is 0.286. The molecule has 0 aliphatic carbocycles. The van der Waals surface area contributed by atoms with E-state index in [0.717, 1.165) is 5.57 Å². The van der Waals surface area contributed by atoms with Crippen molar-refractivity contribution in [1.82, 2.24) is 5.32 Å². The highest BCUT2D eigenvalue weighted by Crippen LogP contribution is 2.07. The first-order chi connectivity index (χ1) is 8.93. The number of rotatable bonds is 5. The smallest absolute Gasteiger partial charge is 0.328 e. The lowest BCUT2D eigenvalue weighted by atomic mass is 10.1. The van der Waals surface area contributed by atoms with Crippen molar-refractivity contribution < 1.29 is 18.7 Å². The molecule has 0 aliphatic rings. The predicted octanol–water partition coefficient (Wildman–Crippen LogP) is 2.06. The highest BCUT2D eigenvalue weighted by atomic mass is 19.1. The SMILES string of the molecule is C=C(C)C[C@H](NC(=O)c1ccc(F)cc1)C(=O)OC. The number of carbonyl (C=O) groups is 2. The minimum absolute atomic E-state index is 0.275. The van der Waals surface area contributed by atoms with Crippen LogP contribution in [0.5, 0.6) is 0 Å². The monoisotopic (exact) mass is 265 g/mol. The summed E-state index contributed by atoms with van der Waals surface area (Å²) in [6, 6.07) is 4.27. The second-order valence-corrected chi connectivity index (χ2v) is 4.22. The van der Waals surface area contributed by atoms with Gasteiger partial charge < -0.3 is 10.1 Å². The van der Waals surface area contributed by atoms with Gasteiger partial charge in [-0.25, -0.2) is 9.18 Å². The Kier molecular flexibility index (Phi) is 5.23. The quantitative estimate of drug-likeness (QED) is 0.655. The minimum Gasteiger partial charge on any atom is -0.467 e. The number of carbonyl (C=O) groups excluding carboxylic acids is 2. The molecule has 4 nitrogen and oxygen atoms in total. The molecule has 0 heterocycles. The topological polar surface area (TPSA) is 55.4 Å². The zero-order valence-corrected chi connectivity index (χ0v) is 10.9. The van der Waals surface area contributed by atoms with Gasteiger partial charge in [-0.1, -0.05) is 5.57 Å². The molecule has 1 aromatic rings. The molecule has 102 valence electrons. The van der Waals surface area contributed by atoms with E-state index in [9.17, 15) is 14.0 Å². The van der Waals surface area contributed by atoms with Gasteiger partial charge in [0.25, 0.3) is 5.91 Å². The molecule has 0 radical (unpaired) electrons. The summed E-state index contributed by atoms with van der Waals surface area (Å²) in [7, 11) is 1.25. The van der Waals surface area contributed by atoms with E-state index in [4.69, 9.17) is 0 Å². The zero-order valence-electron chi connectivity index (χ0n) is 10.9. The van der Waals surface area contributed by atoms with Crippen molar-refractivity contribution >= 4 is 11.9 Å². The van der Waals surface area contributed by atoms with E-state index < -0.39 is 23.7 Å². The molecular weight excluding hydrogens is 249 g/mol. The fourth-order valence-corrected chi connectivity index (χ4v) is 1.53. The number of halogens is 1. The predicted molar refractivity (Wildman–Crippen MR) is 69.1 cm³/mol. The molecule has 0 fully saturated rings. The number of methoxy groups -OCH3 is 1. The van der Waals surface area contributed by atoms with Gasteiger partial charge in [0.15, 0.2) is 0 Å². The molecule has 0 saturated heterocycles. The zero-order chi connectivity index (χ0) is 14.4. The van der Waals surface area contributed by atoms with E-state index in [0.29, 0.717) is 6.42 Å². The standard InChI is InChI=1S/C14H16FNO3/c1-9(2)8-12(14(18)19-3)16-13(17)10-4-6-11(15)7-5-10/h4-7,12H,1,8H2,2-3H3,(H,16,17)/t12-/m0/s1. The van der Waals surface area contributed by atoms with Crippen molar-refractivity contribution in [3.8, 4) is 0 Å². The Morgan fingerprint density at radius 3 is 2.42 bits per heavy atom. The van der Waals surface area contributed by atoms with E-state index in [1.807, 2.05) is 0 Å². The van der Waals surface area contributed by atoms with Crippen molar-refractivity contribution in [1.29, 1.82) is 0 Å². The van der Waals surface area contributed by atoms with Crippen LogP contribution in [0.2, 0.25) is 0 Å². The third-order valence-electron chi connectivity index (χ3n) is 2.45. The van der Waals surface area contributed by atoms with E-state index in [2.05, 4.69) is 16.6 Å². The summed E-state index contributed by atoms with van der Waals surface area (Å²) in [5.74, 6) is -1.43. The highest BCUT2D eigenvalue weighted by molar-refractivity contribution is 5.96. The van der Waals surface area contributed by atoms with Gasteiger partial charge in [-0.3, -0.25) is 4.79 Å². The Labute approximate surface area is 111 Å². The second-order valence-electron chi connectivity index (χ2n) is 4.22. The fourth-order valence-electron chi connectivity index (χ4n) is 1.53. The first-order valence-electron chi connectivity index (χ1n) is 5.72. The Balaban J connectivity index is 2.78. The lowest BCUT2D eigenvalue weighted by Crippen LogP contribution is -2.41. The van der Waals surface area contributed by atoms with Crippen LogP contribution in [0.25, 0.3) is 0 Å². The van der Waals surface area contributed by atoms with Crippen LogP contribution in [0.3, 0.4) is 0 Å². The van der Waals surface area contributed by atoms with E-state index >= 15 is 0 Å². The molecule has 0 aromatic heterocycles. The van der Waals surface area contributed by atoms with Gasteiger partial charge in [-0.15, -0.1) is 6.58 Å². The summed E-state index contributed by atoms with van der Waals surface area (Å²) < 4.78 is 17.4. The van der Waals surface area contributed by atoms with Crippen LogP contribution in [0.1, 0.15) is 23.7 Å². The molecule has 1 atom stereocenters. The highest BCUT2D eigenvalue weighted by Gasteiger charge is 2.22. The normalized spacial score (nSPS) is 11.5. The third kappa shape index (κ3) is 4.54. The van der Waals surface area contributed by atoms with E-state index in [1.165, 1.54) is 31.4 Å².